The molecule has 3 rings (SSSR count). The average molecular weight is 459 g/mol. The largest absolute Gasteiger partial charge is 0.497 e. The van der Waals surface area contributed by atoms with Crippen LogP contribution in [0.2, 0.25) is 0 Å². The second-order valence-electron chi connectivity index (χ2n) is 7.51. The van der Waals surface area contributed by atoms with Crippen LogP contribution in [0.4, 0.5) is 5.69 Å². The van der Waals surface area contributed by atoms with Crippen LogP contribution < -0.4 is 33.9 Å². The quantitative estimate of drug-likeness (QED) is 0.584. The van der Waals surface area contributed by atoms with E-state index in [1.54, 1.807) is 31.3 Å². The highest BCUT2D eigenvalue weighted by Gasteiger charge is 2.35. The van der Waals surface area contributed by atoms with Gasteiger partial charge in [0.25, 0.3) is 0 Å². The van der Waals surface area contributed by atoms with Crippen molar-refractivity contribution >= 4 is 17.5 Å². The van der Waals surface area contributed by atoms with E-state index < -0.39 is 5.92 Å². The first-order valence-electron chi connectivity index (χ1n) is 10.5. The smallest absolute Gasteiger partial charge is 0.227 e. The van der Waals surface area contributed by atoms with E-state index in [9.17, 15) is 9.59 Å². The predicted molar refractivity (Wildman–Crippen MR) is 123 cm³/mol. The van der Waals surface area contributed by atoms with Crippen LogP contribution in [0.15, 0.2) is 30.3 Å². The van der Waals surface area contributed by atoms with Crippen LogP contribution in [-0.2, 0) is 16.0 Å². The van der Waals surface area contributed by atoms with Gasteiger partial charge in [-0.3, -0.25) is 9.59 Å². The Morgan fingerprint density at radius 2 is 1.61 bits per heavy atom. The van der Waals surface area contributed by atoms with Gasteiger partial charge in [-0.15, -0.1) is 0 Å². The molecule has 0 spiro atoms. The Morgan fingerprint density at radius 1 is 0.939 bits per heavy atom. The molecular weight excluding hydrogens is 428 g/mol. The number of ether oxygens (including phenoxy) is 5. The van der Waals surface area contributed by atoms with Gasteiger partial charge in [0.15, 0.2) is 11.5 Å². The third-order valence-electron chi connectivity index (χ3n) is 5.64. The predicted octanol–water partition coefficient (Wildman–Crippen LogP) is 2.44. The molecule has 0 aromatic heterocycles. The molecule has 0 radical (unpaired) electrons. The van der Waals surface area contributed by atoms with Gasteiger partial charge in [-0.05, 0) is 18.1 Å². The Hall–Kier alpha value is -3.62. The van der Waals surface area contributed by atoms with Crippen LogP contribution in [0, 0.1) is 5.92 Å². The molecule has 1 fully saturated rings. The molecule has 0 saturated carbocycles. The van der Waals surface area contributed by atoms with Crippen molar-refractivity contribution in [1.82, 2.24) is 5.32 Å². The lowest BCUT2D eigenvalue weighted by Gasteiger charge is -2.20. The second kappa shape index (κ2) is 10.8. The van der Waals surface area contributed by atoms with Crippen LogP contribution in [0.25, 0.3) is 0 Å². The van der Waals surface area contributed by atoms with Crippen LogP contribution in [-0.4, -0.2) is 60.5 Å². The van der Waals surface area contributed by atoms with Crippen molar-refractivity contribution in [2.24, 2.45) is 5.92 Å². The fourth-order valence-corrected chi connectivity index (χ4v) is 3.88. The number of amides is 2. The second-order valence-corrected chi connectivity index (χ2v) is 7.51. The summed E-state index contributed by atoms with van der Waals surface area (Å²) in [5, 5.41) is 2.93. The van der Waals surface area contributed by atoms with Gasteiger partial charge in [-0.25, -0.2) is 0 Å². The standard InChI is InChI=1S/C24H30N2O7/c1-29-18-7-6-15(19(13-18)30-2)8-9-25-24(28)16-10-22(27)26(14-16)17-11-20(31-3)23(33-5)21(12-17)32-4/h6-7,11-13,16H,8-10,14H2,1-5H3,(H,25,28). The molecule has 33 heavy (non-hydrogen) atoms. The molecule has 1 heterocycles. The first-order valence-corrected chi connectivity index (χ1v) is 10.5. The third-order valence-corrected chi connectivity index (χ3v) is 5.64. The van der Waals surface area contributed by atoms with Gasteiger partial charge in [0.05, 0.1) is 47.2 Å². The molecule has 0 aliphatic carbocycles. The number of nitrogens with one attached hydrogen (secondary N) is 1. The van der Waals surface area contributed by atoms with Crippen molar-refractivity contribution in [2.75, 3.05) is 53.5 Å². The molecule has 1 atom stereocenters. The minimum atomic E-state index is -0.450. The minimum Gasteiger partial charge on any atom is -0.497 e. The Balaban J connectivity index is 1.64. The summed E-state index contributed by atoms with van der Waals surface area (Å²) in [7, 11) is 7.74. The summed E-state index contributed by atoms with van der Waals surface area (Å²) in [6.07, 6.45) is 0.727. The summed E-state index contributed by atoms with van der Waals surface area (Å²) >= 11 is 0. The SMILES string of the molecule is COc1ccc(CCNC(=O)C2CC(=O)N(c3cc(OC)c(OC)c(OC)c3)C2)c(OC)c1. The molecule has 2 aromatic rings. The fraction of sp³-hybridized carbons (Fsp3) is 0.417. The maximum Gasteiger partial charge on any atom is 0.227 e. The highest BCUT2D eigenvalue weighted by Crippen LogP contribution is 2.42. The van der Waals surface area contributed by atoms with Gasteiger partial charge >= 0.3 is 0 Å². The molecular formula is C24H30N2O7. The zero-order chi connectivity index (χ0) is 24.0. The van der Waals surface area contributed by atoms with Crippen molar-refractivity contribution in [2.45, 2.75) is 12.8 Å². The number of hydrogen-bond donors (Lipinski definition) is 1. The van der Waals surface area contributed by atoms with Crippen molar-refractivity contribution < 1.29 is 33.3 Å². The van der Waals surface area contributed by atoms with Gasteiger partial charge < -0.3 is 33.9 Å². The minimum absolute atomic E-state index is 0.133. The van der Waals surface area contributed by atoms with E-state index in [4.69, 9.17) is 23.7 Å². The molecule has 1 aliphatic rings. The van der Waals surface area contributed by atoms with Gasteiger partial charge in [-0.2, -0.15) is 0 Å². The summed E-state index contributed by atoms with van der Waals surface area (Å²) < 4.78 is 26.7. The van der Waals surface area contributed by atoms with E-state index in [0.29, 0.717) is 47.4 Å². The maximum atomic E-state index is 12.7. The number of hydrogen-bond acceptors (Lipinski definition) is 7. The fourth-order valence-electron chi connectivity index (χ4n) is 3.88. The number of benzene rings is 2. The van der Waals surface area contributed by atoms with Gasteiger partial charge in [0, 0.05) is 37.7 Å². The summed E-state index contributed by atoms with van der Waals surface area (Å²) in [6, 6.07) is 8.98. The van der Waals surface area contributed by atoms with Crippen molar-refractivity contribution in [3.05, 3.63) is 35.9 Å². The molecule has 2 amide bonds. The van der Waals surface area contributed by atoms with Crippen LogP contribution in [0.3, 0.4) is 0 Å². The van der Waals surface area contributed by atoms with E-state index in [0.717, 1.165) is 5.56 Å². The number of rotatable bonds is 10. The number of carbonyl (C=O) groups is 2. The van der Waals surface area contributed by atoms with Crippen molar-refractivity contribution in [3.63, 3.8) is 0 Å². The van der Waals surface area contributed by atoms with E-state index in [1.165, 1.54) is 21.3 Å². The van der Waals surface area contributed by atoms with Crippen LogP contribution in [0.1, 0.15) is 12.0 Å². The Bertz CT molecular complexity index is 983. The molecule has 2 aromatic carbocycles. The number of nitrogens with zero attached hydrogens (tertiary/aromatic N) is 1. The highest BCUT2D eigenvalue weighted by molar-refractivity contribution is 6.00. The molecule has 1 saturated heterocycles. The summed E-state index contributed by atoms with van der Waals surface area (Å²) in [4.78, 5) is 27.0. The molecule has 1 unspecified atom stereocenters. The lowest BCUT2D eigenvalue weighted by molar-refractivity contribution is -0.126. The number of carbonyl (C=O) groups excluding carboxylic acids is 2. The Labute approximate surface area is 193 Å². The first kappa shape index (κ1) is 24.0. The molecule has 9 heteroatoms. The zero-order valence-electron chi connectivity index (χ0n) is 19.6. The Morgan fingerprint density at radius 3 is 2.18 bits per heavy atom. The lowest BCUT2D eigenvalue weighted by Crippen LogP contribution is -2.34. The monoisotopic (exact) mass is 458 g/mol. The summed E-state index contributed by atoms with van der Waals surface area (Å²) in [5.74, 6) is 1.99. The van der Waals surface area contributed by atoms with Gasteiger partial charge in [0.1, 0.15) is 11.5 Å². The molecule has 1 aliphatic heterocycles. The van der Waals surface area contributed by atoms with E-state index in [1.807, 2.05) is 18.2 Å². The molecule has 0 bridgehead atoms. The summed E-state index contributed by atoms with van der Waals surface area (Å²) in [5.41, 5.74) is 1.55. The zero-order valence-corrected chi connectivity index (χ0v) is 19.6. The van der Waals surface area contributed by atoms with Crippen LogP contribution in [0.5, 0.6) is 28.7 Å². The maximum absolute atomic E-state index is 12.7. The van der Waals surface area contributed by atoms with Gasteiger partial charge in [-0.1, -0.05) is 6.07 Å². The summed E-state index contributed by atoms with van der Waals surface area (Å²) in [6.45, 7) is 0.700. The number of anilines is 1. The van der Waals surface area contributed by atoms with Gasteiger partial charge in [0.2, 0.25) is 17.6 Å². The van der Waals surface area contributed by atoms with E-state index in [-0.39, 0.29) is 24.8 Å². The van der Waals surface area contributed by atoms with Crippen molar-refractivity contribution in [1.29, 1.82) is 0 Å². The van der Waals surface area contributed by atoms with Crippen molar-refractivity contribution in [3.8, 4) is 28.7 Å². The van der Waals surface area contributed by atoms with E-state index in [2.05, 4.69) is 5.32 Å². The number of methoxy groups -OCH3 is 5. The topological polar surface area (TPSA) is 95.6 Å². The van der Waals surface area contributed by atoms with E-state index >= 15 is 0 Å². The Kier molecular flexibility index (Phi) is 7.87. The third kappa shape index (κ3) is 5.24. The first-order chi connectivity index (χ1) is 15.9. The highest BCUT2D eigenvalue weighted by atomic mass is 16.5. The molecule has 9 nitrogen and oxygen atoms in total. The average Bonchev–Trinajstić information content (AvgIpc) is 3.24. The normalized spacial score (nSPS) is 15.2. The van der Waals surface area contributed by atoms with Crippen LogP contribution >= 0.6 is 0 Å². The lowest BCUT2D eigenvalue weighted by atomic mass is 10.1. The molecule has 178 valence electrons. The molecule has 1 N–H and O–H groups in total.